The molecule has 1 aliphatic rings. The van der Waals surface area contributed by atoms with E-state index in [4.69, 9.17) is 5.73 Å². The van der Waals surface area contributed by atoms with Crippen molar-refractivity contribution in [3.05, 3.63) is 17.8 Å². The molecule has 2 aromatic heterocycles. The Hall–Kier alpha value is -1.78. The standard InChI is InChI=1S/C11H15N5/c1-8-6-9(15-4-2-3-5-15)7-16-10(8)13-11(12)14-16/h6-7H,2-5H2,1H3,(H2,12,14). The van der Waals surface area contributed by atoms with E-state index in [0.29, 0.717) is 5.95 Å². The number of anilines is 2. The zero-order valence-corrected chi connectivity index (χ0v) is 9.35. The van der Waals surface area contributed by atoms with Crippen LogP contribution in [0.3, 0.4) is 0 Å². The summed E-state index contributed by atoms with van der Waals surface area (Å²) in [5.41, 5.74) is 8.79. The Balaban J connectivity index is 2.12. The van der Waals surface area contributed by atoms with Crippen LogP contribution in [-0.2, 0) is 0 Å². The van der Waals surface area contributed by atoms with E-state index in [0.717, 1.165) is 24.3 Å². The van der Waals surface area contributed by atoms with Crippen LogP contribution in [0.25, 0.3) is 5.65 Å². The second-order valence-electron chi connectivity index (χ2n) is 4.31. The van der Waals surface area contributed by atoms with Crippen molar-refractivity contribution in [1.82, 2.24) is 14.6 Å². The highest BCUT2D eigenvalue weighted by molar-refractivity contribution is 5.58. The Morgan fingerprint density at radius 3 is 2.81 bits per heavy atom. The normalized spacial score (nSPS) is 16.2. The van der Waals surface area contributed by atoms with E-state index in [-0.39, 0.29) is 0 Å². The number of pyridine rings is 1. The highest BCUT2D eigenvalue weighted by atomic mass is 15.3. The monoisotopic (exact) mass is 217 g/mol. The van der Waals surface area contributed by atoms with Gasteiger partial charge in [0.05, 0.1) is 11.9 Å². The summed E-state index contributed by atoms with van der Waals surface area (Å²) in [7, 11) is 0. The zero-order chi connectivity index (χ0) is 11.1. The van der Waals surface area contributed by atoms with Gasteiger partial charge in [-0.05, 0) is 31.4 Å². The molecule has 0 amide bonds. The molecular formula is C11H15N5. The molecule has 1 aliphatic heterocycles. The van der Waals surface area contributed by atoms with Crippen molar-refractivity contribution in [3.63, 3.8) is 0 Å². The summed E-state index contributed by atoms with van der Waals surface area (Å²) in [4.78, 5) is 6.57. The predicted octanol–water partition coefficient (Wildman–Crippen LogP) is 1.22. The first-order chi connectivity index (χ1) is 7.74. The van der Waals surface area contributed by atoms with Crippen molar-refractivity contribution < 1.29 is 0 Å². The Morgan fingerprint density at radius 1 is 1.31 bits per heavy atom. The SMILES string of the molecule is Cc1cc(N2CCCC2)cn2nc(N)nc12. The first-order valence-corrected chi connectivity index (χ1v) is 5.61. The maximum Gasteiger partial charge on any atom is 0.240 e. The third kappa shape index (κ3) is 1.39. The summed E-state index contributed by atoms with van der Waals surface area (Å²) in [6.07, 6.45) is 4.56. The summed E-state index contributed by atoms with van der Waals surface area (Å²) in [6, 6.07) is 2.16. The Morgan fingerprint density at radius 2 is 2.06 bits per heavy atom. The van der Waals surface area contributed by atoms with Crippen LogP contribution in [0, 0.1) is 6.92 Å². The number of nitrogens with zero attached hydrogens (tertiary/aromatic N) is 4. The van der Waals surface area contributed by atoms with Crippen LogP contribution in [0.15, 0.2) is 12.3 Å². The fraction of sp³-hybridized carbons (Fsp3) is 0.455. The predicted molar refractivity (Wildman–Crippen MR) is 63.6 cm³/mol. The maximum absolute atomic E-state index is 5.61. The van der Waals surface area contributed by atoms with Gasteiger partial charge in [0.25, 0.3) is 0 Å². The topological polar surface area (TPSA) is 59.5 Å². The van der Waals surface area contributed by atoms with Gasteiger partial charge in [0, 0.05) is 13.1 Å². The lowest BCUT2D eigenvalue weighted by Gasteiger charge is -2.17. The van der Waals surface area contributed by atoms with Crippen molar-refractivity contribution in [2.75, 3.05) is 23.7 Å². The number of nitrogens with two attached hydrogens (primary N) is 1. The van der Waals surface area contributed by atoms with E-state index >= 15 is 0 Å². The summed E-state index contributed by atoms with van der Waals surface area (Å²) >= 11 is 0. The van der Waals surface area contributed by atoms with Crippen LogP contribution in [0.5, 0.6) is 0 Å². The van der Waals surface area contributed by atoms with Gasteiger partial charge in [-0.15, -0.1) is 5.10 Å². The Labute approximate surface area is 93.9 Å². The van der Waals surface area contributed by atoms with Crippen LogP contribution < -0.4 is 10.6 Å². The minimum absolute atomic E-state index is 0.335. The third-order valence-corrected chi connectivity index (χ3v) is 3.09. The second kappa shape index (κ2) is 3.37. The lowest BCUT2D eigenvalue weighted by atomic mass is 10.2. The summed E-state index contributed by atoms with van der Waals surface area (Å²) < 4.78 is 1.78. The molecule has 0 unspecified atom stereocenters. The zero-order valence-electron chi connectivity index (χ0n) is 9.35. The van der Waals surface area contributed by atoms with Gasteiger partial charge in [-0.25, -0.2) is 4.52 Å². The van der Waals surface area contributed by atoms with Gasteiger partial charge < -0.3 is 10.6 Å². The van der Waals surface area contributed by atoms with E-state index < -0.39 is 0 Å². The highest BCUT2D eigenvalue weighted by Gasteiger charge is 2.14. The molecule has 2 aromatic rings. The highest BCUT2D eigenvalue weighted by Crippen LogP contribution is 2.22. The minimum Gasteiger partial charge on any atom is -0.370 e. The van der Waals surface area contributed by atoms with Gasteiger partial charge in [-0.1, -0.05) is 0 Å². The molecule has 0 atom stereocenters. The van der Waals surface area contributed by atoms with Crippen molar-refractivity contribution in [1.29, 1.82) is 0 Å². The maximum atomic E-state index is 5.61. The average molecular weight is 217 g/mol. The number of hydrogen-bond donors (Lipinski definition) is 1. The minimum atomic E-state index is 0.335. The third-order valence-electron chi connectivity index (χ3n) is 3.09. The van der Waals surface area contributed by atoms with Crippen LogP contribution >= 0.6 is 0 Å². The summed E-state index contributed by atoms with van der Waals surface area (Å²) in [5, 5.41) is 4.16. The lowest BCUT2D eigenvalue weighted by Crippen LogP contribution is -2.18. The molecule has 5 nitrogen and oxygen atoms in total. The van der Waals surface area contributed by atoms with Crippen LogP contribution in [0.4, 0.5) is 11.6 Å². The molecule has 0 bridgehead atoms. The number of aryl methyl sites for hydroxylation is 1. The van der Waals surface area contributed by atoms with Crippen molar-refractivity contribution in [2.45, 2.75) is 19.8 Å². The molecule has 84 valence electrons. The smallest absolute Gasteiger partial charge is 0.240 e. The molecule has 2 N–H and O–H groups in total. The van der Waals surface area contributed by atoms with Crippen LogP contribution in [0.1, 0.15) is 18.4 Å². The van der Waals surface area contributed by atoms with Gasteiger partial charge in [-0.3, -0.25) is 0 Å². The van der Waals surface area contributed by atoms with E-state index in [2.05, 4.69) is 21.0 Å². The second-order valence-corrected chi connectivity index (χ2v) is 4.31. The average Bonchev–Trinajstić information content (AvgIpc) is 2.84. The molecule has 0 saturated carbocycles. The first-order valence-electron chi connectivity index (χ1n) is 5.61. The molecule has 1 saturated heterocycles. The fourth-order valence-corrected chi connectivity index (χ4v) is 2.30. The number of nitrogen functional groups attached to an aromatic ring is 1. The largest absolute Gasteiger partial charge is 0.370 e. The molecule has 0 radical (unpaired) electrons. The molecule has 3 rings (SSSR count). The molecular weight excluding hydrogens is 202 g/mol. The van der Waals surface area contributed by atoms with Crippen LogP contribution in [-0.4, -0.2) is 27.7 Å². The molecule has 3 heterocycles. The lowest BCUT2D eigenvalue weighted by molar-refractivity contribution is 0.916. The fourth-order valence-electron chi connectivity index (χ4n) is 2.30. The van der Waals surface area contributed by atoms with Crippen LogP contribution in [0.2, 0.25) is 0 Å². The first kappa shape index (κ1) is 9.45. The molecule has 0 aliphatic carbocycles. The van der Waals surface area contributed by atoms with E-state index in [9.17, 15) is 0 Å². The molecule has 5 heteroatoms. The van der Waals surface area contributed by atoms with Gasteiger partial charge >= 0.3 is 0 Å². The van der Waals surface area contributed by atoms with E-state index in [1.165, 1.54) is 18.5 Å². The van der Waals surface area contributed by atoms with Gasteiger partial charge in [0.2, 0.25) is 5.95 Å². The molecule has 0 aromatic carbocycles. The van der Waals surface area contributed by atoms with E-state index in [1.54, 1.807) is 4.52 Å². The van der Waals surface area contributed by atoms with Gasteiger partial charge in [0.1, 0.15) is 0 Å². The summed E-state index contributed by atoms with van der Waals surface area (Å²) in [5.74, 6) is 0.335. The van der Waals surface area contributed by atoms with Crippen molar-refractivity contribution in [3.8, 4) is 0 Å². The molecule has 0 spiro atoms. The number of rotatable bonds is 1. The number of hydrogen-bond acceptors (Lipinski definition) is 4. The number of fused-ring (bicyclic) bond motifs is 1. The van der Waals surface area contributed by atoms with E-state index in [1.807, 2.05) is 13.1 Å². The number of aromatic nitrogens is 3. The quantitative estimate of drug-likeness (QED) is 0.780. The van der Waals surface area contributed by atoms with Gasteiger partial charge in [0.15, 0.2) is 5.65 Å². The van der Waals surface area contributed by atoms with Gasteiger partial charge in [-0.2, -0.15) is 4.98 Å². The molecule has 1 fully saturated rings. The van der Waals surface area contributed by atoms with Crippen molar-refractivity contribution >= 4 is 17.3 Å². The molecule has 16 heavy (non-hydrogen) atoms. The Kier molecular flexibility index (Phi) is 1.99. The van der Waals surface area contributed by atoms with Crippen molar-refractivity contribution in [2.24, 2.45) is 0 Å². The summed E-state index contributed by atoms with van der Waals surface area (Å²) in [6.45, 7) is 4.31. The Bertz CT molecular complexity index is 524.